The van der Waals surface area contributed by atoms with Gasteiger partial charge in [0.15, 0.2) is 0 Å². The van der Waals surface area contributed by atoms with Crippen molar-refractivity contribution in [3.8, 4) is 0 Å². The van der Waals surface area contributed by atoms with Gasteiger partial charge in [-0.1, -0.05) is 46.6 Å². The van der Waals surface area contributed by atoms with Crippen LogP contribution in [0.5, 0.6) is 0 Å². The van der Waals surface area contributed by atoms with Gasteiger partial charge in [0.05, 0.1) is 10.6 Å². The Labute approximate surface area is 116 Å². The van der Waals surface area contributed by atoms with E-state index in [4.69, 9.17) is 11.6 Å². The summed E-state index contributed by atoms with van der Waals surface area (Å²) in [5, 5.41) is 4.35. The van der Waals surface area contributed by atoms with Gasteiger partial charge in [0.25, 0.3) is 5.91 Å². The molecule has 0 aliphatic carbocycles. The van der Waals surface area contributed by atoms with Gasteiger partial charge in [0, 0.05) is 11.4 Å². The Morgan fingerprint density at radius 2 is 2.12 bits per heavy atom. The molecule has 17 heavy (non-hydrogen) atoms. The zero-order valence-corrected chi connectivity index (χ0v) is 12.6. The van der Waals surface area contributed by atoms with E-state index in [1.165, 1.54) is 0 Å². The van der Waals surface area contributed by atoms with Gasteiger partial charge in [-0.3, -0.25) is 4.79 Å². The van der Waals surface area contributed by atoms with Gasteiger partial charge in [-0.25, -0.2) is 0 Å². The highest BCUT2D eigenvalue weighted by atomic mass is 79.9. The van der Waals surface area contributed by atoms with E-state index >= 15 is 0 Å². The second kappa shape index (κ2) is 6.41. The molecule has 1 N–H and O–H groups in total. The average Bonchev–Trinajstić information content (AvgIpc) is 2.31. The first-order valence-corrected chi connectivity index (χ1v) is 7.09. The summed E-state index contributed by atoms with van der Waals surface area (Å²) in [6.45, 7) is 5.97. The number of carbonyl (C=O) groups excluding carboxylic acids is 1. The van der Waals surface area contributed by atoms with Crippen LogP contribution in [-0.4, -0.2) is 17.3 Å². The average molecular weight is 319 g/mol. The Kier molecular flexibility index (Phi) is 5.47. The number of rotatable bonds is 4. The molecule has 1 aromatic carbocycles. The largest absolute Gasteiger partial charge is 0.349 e. The third-order valence-corrected chi connectivity index (χ3v) is 4.42. The van der Waals surface area contributed by atoms with Crippen molar-refractivity contribution in [3.63, 3.8) is 0 Å². The first kappa shape index (κ1) is 14.5. The fourth-order valence-corrected chi connectivity index (χ4v) is 2.16. The van der Waals surface area contributed by atoms with Crippen molar-refractivity contribution in [3.05, 3.63) is 34.3 Å². The topological polar surface area (TPSA) is 29.1 Å². The van der Waals surface area contributed by atoms with Crippen LogP contribution in [0.25, 0.3) is 0 Å². The quantitative estimate of drug-likeness (QED) is 0.841. The van der Waals surface area contributed by atoms with Gasteiger partial charge in [0.1, 0.15) is 0 Å². The molecule has 0 bridgehead atoms. The maximum atomic E-state index is 12.0. The highest BCUT2D eigenvalue weighted by Gasteiger charge is 2.17. The third kappa shape index (κ3) is 3.71. The SMILES string of the molecule is Cc1cccc(C(=O)NC(C)C(C)CBr)c1Cl. The van der Waals surface area contributed by atoms with Gasteiger partial charge in [-0.05, 0) is 31.4 Å². The van der Waals surface area contributed by atoms with E-state index in [0.29, 0.717) is 16.5 Å². The number of carbonyl (C=O) groups is 1. The molecule has 4 heteroatoms. The van der Waals surface area contributed by atoms with Crippen LogP contribution in [0.2, 0.25) is 5.02 Å². The minimum absolute atomic E-state index is 0.110. The summed E-state index contributed by atoms with van der Waals surface area (Å²) in [5.74, 6) is 0.265. The van der Waals surface area contributed by atoms with E-state index in [0.717, 1.165) is 10.9 Å². The second-order valence-electron chi connectivity index (χ2n) is 4.33. The lowest BCUT2D eigenvalue weighted by atomic mass is 10.1. The van der Waals surface area contributed by atoms with Crippen LogP contribution in [-0.2, 0) is 0 Å². The lowest BCUT2D eigenvalue weighted by Gasteiger charge is -2.19. The monoisotopic (exact) mass is 317 g/mol. The predicted octanol–water partition coefficient (Wildman–Crippen LogP) is 3.80. The van der Waals surface area contributed by atoms with Crippen LogP contribution in [0, 0.1) is 12.8 Å². The van der Waals surface area contributed by atoms with E-state index in [-0.39, 0.29) is 11.9 Å². The molecule has 94 valence electrons. The molecule has 2 atom stereocenters. The molecular formula is C13H17BrClNO. The first-order valence-electron chi connectivity index (χ1n) is 5.59. The molecule has 0 aromatic heterocycles. The summed E-state index contributed by atoms with van der Waals surface area (Å²) in [5.41, 5.74) is 1.46. The van der Waals surface area contributed by atoms with E-state index in [1.807, 2.05) is 26.0 Å². The van der Waals surface area contributed by atoms with Gasteiger partial charge < -0.3 is 5.32 Å². The van der Waals surface area contributed by atoms with Gasteiger partial charge >= 0.3 is 0 Å². The number of amides is 1. The van der Waals surface area contributed by atoms with Gasteiger partial charge in [-0.15, -0.1) is 0 Å². The second-order valence-corrected chi connectivity index (χ2v) is 5.36. The van der Waals surface area contributed by atoms with Crippen molar-refractivity contribution in [1.82, 2.24) is 5.32 Å². The van der Waals surface area contributed by atoms with Crippen LogP contribution in [0.3, 0.4) is 0 Å². The van der Waals surface area contributed by atoms with Gasteiger partial charge in [-0.2, -0.15) is 0 Å². The minimum Gasteiger partial charge on any atom is -0.349 e. The number of halogens is 2. The molecule has 1 rings (SSSR count). The number of alkyl halides is 1. The summed E-state index contributed by atoms with van der Waals surface area (Å²) >= 11 is 9.53. The lowest BCUT2D eigenvalue weighted by molar-refractivity contribution is 0.0931. The summed E-state index contributed by atoms with van der Waals surface area (Å²) in [6.07, 6.45) is 0. The van der Waals surface area contributed by atoms with Crippen molar-refractivity contribution in [2.24, 2.45) is 5.92 Å². The lowest BCUT2D eigenvalue weighted by Crippen LogP contribution is -2.37. The molecule has 0 heterocycles. The zero-order chi connectivity index (χ0) is 13.0. The Bertz CT molecular complexity index is 408. The molecule has 0 saturated heterocycles. The molecular weight excluding hydrogens is 302 g/mol. The van der Waals surface area contributed by atoms with Crippen LogP contribution < -0.4 is 5.32 Å². The standard InChI is InChI=1S/C13H17BrClNO/c1-8-5-4-6-11(12(8)15)13(17)16-10(3)9(2)7-14/h4-6,9-10H,7H2,1-3H3,(H,16,17). The first-order chi connectivity index (χ1) is 7.97. The number of aryl methyl sites for hydroxylation is 1. The maximum absolute atomic E-state index is 12.0. The third-order valence-electron chi connectivity index (χ3n) is 2.89. The number of hydrogen-bond donors (Lipinski definition) is 1. The maximum Gasteiger partial charge on any atom is 0.253 e. The van der Waals surface area contributed by atoms with Crippen molar-refractivity contribution >= 4 is 33.4 Å². The van der Waals surface area contributed by atoms with Crippen LogP contribution >= 0.6 is 27.5 Å². The van der Waals surface area contributed by atoms with Crippen molar-refractivity contribution in [1.29, 1.82) is 0 Å². The Morgan fingerprint density at radius 1 is 1.47 bits per heavy atom. The molecule has 1 amide bonds. The summed E-state index contributed by atoms with van der Waals surface area (Å²) in [6, 6.07) is 5.59. The molecule has 0 saturated carbocycles. The molecule has 0 aliphatic heterocycles. The number of benzene rings is 1. The van der Waals surface area contributed by atoms with Crippen molar-refractivity contribution in [2.75, 3.05) is 5.33 Å². The summed E-state index contributed by atoms with van der Waals surface area (Å²) in [4.78, 5) is 12.0. The molecule has 0 spiro atoms. The van der Waals surface area contributed by atoms with E-state index in [1.54, 1.807) is 6.07 Å². The summed E-state index contributed by atoms with van der Waals surface area (Å²) < 4.78 is 0. The fraction of sp³-hybridized carbons (Fsp3) is 0.462. The van der Waals surface area contributed by atoms with Crippen molar-refractivity contribution < 1.29 is 4.79 Å². The predicted molar refractivity (Wildman–Crippen MR) is 76.1 cm³/mol. The number of hydrogen-bond acceptors (Lipinski definition) is 1. The minimum atomic E-state index is -0.112. The molecule has 0 fully saturated rings. The number of nitrogens with one attached hydrogen (secondary N) is 1. The zero-order valence-electron chi connectivity index (χ0n) is 10.3. The molecule has 1 aromatic rings. The van der Waals surface area contributed by atoms with Crippen LogP contribution in [0.1, 0.15) is 29.8 Å². The van der Waals surface area contributed by atoms with E-state index in [2.05, 4.69) is 28.2 Å². The van der Waals surface area contributed by atoms with Crippen molar-refractivity contribution in [2.45, 2.75) is 26.8 Å². The molecule has 2 unspecified atom stereocenters. The van der Waals surface area contributed by atoms with Crippen LogP contribution in [0.15, 0.2) is 18.2 Å². The highest BCUT2D eigenvalue weighted by molar-refractivity contribution is 9.09. The highest BCUT2D eigenvalue weighted by Crippen LogP contribution is 2.20. The van der Waals surface area contributed by atoms with Gasteiger partial charge in [0.2, 0.25) is 0 Å². The molecule has 0 aliphatic rings. The molecule has 2 nitrogen and oxygen atoms in total. The van der Waals surface area contributed by atoms with Crippen LogP contribution in [0.4, 0.5) is 0 Å². The fourth-order valence-electron chi connectivity index (χ4n) is 1.38. The normalized spacial score (nSPS) is 14.2. The Morgan fingerprint density at radius 3 is 2.71 bits per heavy atom. The molecule has 0 radical (unpaired) electrons. The van der Waals surface area contributed by atoms with E-state index < -0.39 is 0 Å². The smallest absolute Gasteiger partial charge is 0.253 e. The Balaban J connectivity index is 2.80. The Hall–Kier alpha value is -0.540. The summed E-state index contributed by atoms with van der Waals surface area (Å²) in [7, 11) is 0. The van der Waals surface area contributed by atoms with E-state index in [9.17, 15) is 4.79 Å².